The standard InChI is InChI=1S/C29H23FN4O8/c1-38-23-12-17(6-9-22(23)41-21-10-11-31-20-14-25(40-3)24(39-2)13-19(20)21)33-29(37)42-26-15-32-28(36)34(27(26)35)18-7-4-16(30)5-8-18/h4-15H,1-3H3,(H,32,36)(H,33,37). The zero-order valence-electron chi connectivity index (χ0n) is 22.5. The Balaban J connectivity index is 1.36. The summed E-state index contributed by atoms with van der Waals surface area (Å²) in [4.78, 5) is 44.4. The molecule has 0 aliphatic carbocycles. The van der Waals surface area contributed by atoms with Crippen LogP contribution in [0.25, 0.3) is 16.6 Å². The molecule has 5 rings (SSSR count). The number of halogens is 1. The molecule has 5 aromatic rings. The van der Waals surface area contributed by atoms with Crippen molar-refractivity contribution < 1.29 is 32.9 Å². The summed E-state index contributed by atoms with van der Waals surface area (Å²) in [6, 6.07) is 14.4. The van der Waals surface area contributed by atoms with Crippen LogP contribution in [0.1, 0.15) is 0 Å². The van der Waals surface area contributed by atoms with Crippen molar-refractivity contribution in [2.45, 2.75) is 0 Å². The molecule has 3 aromatic carbocycles. The summed E-state index contributed by atoms with van der Waals surface area (Å²) in [6.45, 7) is 0. The van der Waals surface area contributed by atoms with Crippen molar-refractivity contribution >= 4 is 22.7 Å². The van der Waals surface area contributed by atoms with Crippen molar-refractivity contribution in [2.24, 2.45) is 0 Å². The van der Waals surface area contributed by atoms with Crippen LogP contribution in [0, 0.1) is 5.82 Å². The largest absolute Gasteiger partial charge is 0.493 e. The maximum atomic E-state index is 13.3. The van der Waals surface area contributed by atoms with Gasteiger partial charge in [0.05, 0.1) is 38.7 Å². The summed E-state index contributed by atoms with van der Waals surface area (Å²) >= 11 is 0. The van der Waals surface area contributed by atoms with Gasteiger partial charge in [-0.15, -0.1) is 0 Å². The number of carbonyl (C=O) groups excluding carboxylic acids is 1. The van der Waals surface area contributed by atoms with Crippen LogP contribution in [-0.4, -0.2) is 42.0 Å². The second-order valence-corrected chi connectivity index (χ2v) is 8.59. The summed E-state index contributed by atoms with van der Waals surface area (Å²) in [5, 5.41) is 3.16. The maximum absolute atomic E-state index is 13.3. The van der Waals surface area contributed by atoms with Crippen molar-refractivity contribution in [3.63, 3.8) is 0 Å². The first-order valence-corrected chi connectivity index (χ1v) is 12.3. The molecule has 1 amide bonds. The Labute approximate surface area is 236 Å². The molecule has 0 aliphatic rings. The number of aromatic amines is 1. The average molecular weight is 575 g/mol. The van der Waals surface area contributed by atoms with E-state index in [1.165, 1.54) is 45.6 Å². The molecular weight excluding hydrogens is 551 g/mol. The van der Waals surface area contributed by atoms with E-state index in [2.05, 4.69) is 15.3 Å². The van der Waals surface area contributed by atoms with Gasteiger partial charge in [0.2, 0.25) is 5.75 Å². The summed E-state index contributed by atoms with van der Waals surface area (Å²) in [5.74, 6) is 1.10. The van der Waals surface area contributed by atoms with Crippen LogP contribution in [0.5, 0.6) is 34.5 Å². The third-order valence-corrected chi connectivity index (χ3v) is 6.07. The van der Waals surface area contributed by atoms with Crippen LogP contribution < -0.4 is 40.3 Å². The summed E-state index contributed by atoms with van der Waals surface area (Å²) < 4.78 is 41.5. The quantitative estimate of drug-likeness (QED) is 0.271. The highest BCUT2D eigenvalue weighted by Crippen LogP contribution is 2.39. The van der Waals surface area contributed by atoms with Crippen LogP contribution in [0.15, 0.2) is 82.6 Å². The lowest BCUT2D eigenvalue weighted by molar-refractivity contribution is 0.214. The zero-order chi connectivity index (χ0) is 29.8. The Morgan fingerprint density at radius 3 is 2.24 bits per heavy atom. The smallest absolute Gasteiger partial charge is 0.417 e. The number of H-pyrrole nitrogens is 1. The van der Waals surface area contributed by atoms with E-state index < -0.39 is 28.9 Å². The minimum Gasteiger partial charge on any atom is -0.493 e. The van der Waals surface area contributed by atoms with E-state index in [1.807, 2.05) is 0 Å². The van der Waals surface area contributed by atoms with Crippen molar-refractivity contribution in [3.8, 4) is 40.2 Å². The number of aromatic nitrogens is 3. The SMILES string of the molecule is COc1cc2nccc(Oc3ccc(NC(=O)Oc4c[nH]c(=O)n(-c5ccc(F)cc5)c4=O)cc3OC)c2cc1OC. The minimum absolute atomic E-state index is 0.0911. The van der Waals surface area contributed by atoms with Crippen LogP contribution >= 0.6 is 0 Å². The minimum atomic E-state index is -1.01. The fourth-order valence-electron chi connectivity index (χ4n) is 4.08. The monoisotopic (exact) mass is 574 g/mol. The highest BCUT2D eigenvalue weighted by molar-refractivity contribution is 5.89. The first-order chi connectivity index (χ1) is 20.3. The Morgan fingerprint density at radius 1 is 0.833 bits per heavy atom. The Kier molecular flexibility index (Phi) is 7.73. The topological polar surface area (TPSA) is 143 Å². The molecule has 13 heteroatoms. The first-order valence-electron chi connectivity index (χ1n) is 12.3. The number of benzene rings is 3. The van der Waals surface area contributed by atoms with E-state index >= 15 is 0 Å². The van der Waals surface area contributed by atoms with Gasteiger partial charge in [0.15, 0.2) is 23.0 Å². The number of nitrogens with one attached hydrogen (secondary N) is 2. The van der Waals surface area contributed by atoms with E-state index in [0.717, 1.165) is 18.3 Å². The normalized spacial score (nSPS) is 10.7. The van der Waals surface area contributed by atoms with E-state index in [1.54, 1.807) is 30.5 Å². The number of pyridine rings is 1. The number of hydrogen-bond acceptors (Lipinski definition) is 9. The second kappa shape index (κ2) is 11.7. The second-order valence-electron chi connectivity index (χ2n) is 8.59. The molecule has 2 aromatic heterocycles. The third-order valence-electron chi connectivity index (χ3n) is 6.07. The van der Waals surface area contributed by atoms with Gasteiger partial charge in [-0.25, -0.2) is 18.5 Å². The number of carbonyl (C=O) groups is 1. The number of fused-ring (bicyclic) bond motifs is 1. The highest BCUT2D eigenvalue weighted by Gasteiger charge is 2.17. The van der Waals surface area contributed by atoms with Crippen LogP contribution in [-0.2, 0) is 0 Å². The van der Waals surface area contributed by atoms with Crippen molar-refractivity contribution in [2.75, 3.05) is 26.6 Å². The van der Waals surface area contributed by atoms with Gasteiger partial charge in [0.1, 0.15) is 11.6 Å². The molecule has 2 N–H and O–H groups in total. The molecule has 0 saturated carbocycles. The van der Waals surface area contributed by atoms with Gasteiger partial charge in [-0.3, -0.25) is 15.1 Å². The van der Waals surface area contributed by atoms with Crippen molar-refractivity contribution in [3.05, 3.63) is 99.7 Å². The first kappa shape index (κ1) is 27.7. The predicted octanol–water partition coefficient (Wildman–Crippen LogP) is 4.64. The fraction of sp³-hybridized carbons (Fsp3) is 0.103. The van der Waals surface area contributed by atoms with Crippen molar-refractivity contribution in [1.82, 2.24) is 14.5 Å². The molecule has 0 radical (unpaired) electrons. The van der Waals surface area contributed by atoms with E-state index in [9.17, 15) is 18.8 Å². The molecular formula is C29H23FN4O8. The summed E-state index contributed by atoms with van der Waals surface area (Å²) in [5.41, 5.74) is -0.738. The number of nitrogens with zero attached hydrogens (tertiary/aromatic N) is 2. The lowest BCUT2D eigenvalue weighted by Gasteiger charge is -2.15. The number of anilines is 1. The van der Waals surface area contributed by atoms with Crippen molar-refractivity contribution in [1.29, 1.82) is 0 Å². The molecule has 0 atom stereocenters. The van der Waals surface area contributed by atoms with E-state index in [0.29, 0.717) is 38.5 Å². The van der Waals surface area contributed by atoms with E-state index in [-0.39, 0.29) is 17.1 Å². The number of methoxy groups -OCH3 is 3. The van der Waals surface area contributed by atoms with Gasteiger partial charge in [-0.1, -0.05) is 0 Å². The maximum Gasteiger partial charge on any atom is 0.417 e. The Morgan fingerprint density at radius 2 is 1.52 bits per heavy atom. The number of ether oxygens (including phenoxy) is 5. The van der Waals surface area contributed by atoms with Crippen LogP contribution in [0.2, 0.25) is 0 Å². The number of rotatable bonds is 8. The van der Waals surface area contributed by atoms with Gasteiger partial charge in [0, 0.05) is 29.4 Å². The van der Waals surface area contributed by atoms with Gasteiger partial charge < -0.3 is 28.7 Å². The molecule has 2 heterocycles. The lowest BCUT2D eigenvalue weighted by Crippen LogP contribution is -2.35. The molecule has 0 unspecified atom stereocenters. The summed E-state index contributed by atoms with van der Waals surface area (Å²) in [6.07, 6.45) is 1.54. The number of hydrogen-bond donors (Lipinski definition) is 2. The molecule has 214 valence electrons. The zero-order valence-corrected chi connectivity index (χ0v) is 22.5. The molecule has 0 aliphatic heterocycles. The molecule has 0 bridgehead atoms. The highest BCUT2D eigenvalue weighted by atomic mass is 19.1. The summed E-state index contributed by atoms with van der Waals surface area (Å²) in [7, 11) is 4.49. The fourth-order valence-corrected chi connectivity index (χ4v) is 4.08. The molecule has 0 saturated heterocycles. The van der Waals surface area contributed by atoms with E-state index in [4.69, 9.17) is 23.7 Å². The third kappa shape index (κ3) is 5.56. The van der Waals surface area contributed by atoms with Gasteiger partial charge >= 0.3 is 17.3 Å². The van der Waals surface area contributed by atoms with Gasteiger partial charge in [-0.2, -0.15) is 0 Å². The van der Waals surface area contributed by atoms with Crippen LogP contribution in [0.3, 0.4) is 0 Å². The lowest BCUT2D eigenvalue weighted by atomic mass is 10.1. The van der Waals surface area contributed by atoms with Crippen LogP contribution in [0.4, 0.5) is 14.9 Å². The molecule has 0 spiro atoms. The molecule has 0 fully saturated rings. The Hall–Kier alpha value is -5.85. The van der Waals surface area contributed by atoms with Gasteiger partial charge in [0.25, 0.3) is 0 Å². The molecule has 42 heavy (non-hydrogen) atoms. The average Bonchev–Trinajstić information content (AvgIpc) is 2.99. The Bertz CT molecular complexity index is 1900. The van der Waals surface area contributed by atoms with Gasteiger partial charge in [-0.05, 0) is 48.5 Å². The number of amides is 1. The molecule has 12 nitrogen and oxygen atoms in total. The predicted molar refractivity (Wildman–Crippen MR) is 150 cm³/mol.